The fourth-order valence-electron chi connectivity index (χ4n) is 3.31. The first-order valence-corrected chi connectivity index (χ1v) is 7.80. The molecule has 146 valence electrons. The summed E-state index contributed by atoms with van der Waals surface area (Å²) in [4.78, 5) is 23.3. The fraction of sp³-hybridized carbons (Fsp3) is 0.375. The number of aromatic nitrogens is 1. The van der Waals surface area contributed by atoms with E-state index in [-0.39, 0.29) is 30.7 Å². The van der Waals surface area contributed by atoms with Crippen LogP contribution in [0.3, 0.4) is 0 Å². The van der Waals surface area contributed by atoms with Gasteiger partial charge in [-0.15, -0.1) is 0 Å². The minimum absolute atomic E-state index is 0.0565. The van der Waals surface area contributed by atoms with Gasteiger partial charge >= 0.3 is 6.18 Å². The van der Waals surface area contributed by atoms with Crippen molar-refractivity contribution in [1.82, 2.24) is 10.1 Å². The molecule has 1 aliphatic rings. The summed E-state index contributed by atoms with van der Waals surface area (Å²) in [6, 6.07) is 0.912. The molecule has 3 rings (SSSR count). The molecule has 2 heterocycles. The number of benzene rings is 1. The van der Waals surface area contributed by atoms with Crippen molar-refractivity contribution in [3.05, 3.63) is 57.1 Å². The molecule has 0 bridgehead atoms. The van der Waals surface area contributed by atoms with Crippen molar-refractivity contribution in [1.29, 1.82) is 0 Å². The van der Waals surface area contributed by atoms with Crippen molar-refractivity contribution in [2.75, 3.05) is 6.54 Å². The predicted octanol–water partition coefficient (Wildman–Crippen LogP) is 2.53. The Balaban J connectivity index is 2.00. The maximum Gasteiger partial charge on any atom is 0.422 e. The molecule has 1 aromatic heterocycles. The van der Waals surface area contributed by atoms with Gasteiger partial charge in [0, 0.05) is 18.5 Å². The van der Waals surface area contributed by atoms with Crippen LogP contribution in [-0.4, -0.2) is 22.7 Å². The van der Waals surface area contributed by atoms with Gasteiger partial charge < -0.3 is 19.3 Å². The number of aromatic amines is 1. The van der Waals surface area contributed by atoms with E-state index in [1.54, 1.807) is 0 Å². The average Bonchev–Trinajstić information content (AvgIpc) is 2.98. The van der Waals surface area contributed by atoms with Crippen LogP contribution in [0.1, 0.15) is 41.7 Å². The second-order valence-corrected chi connectivity index (χ2v) is 6.17. The first-order valence-electron chi connectivity index (χ1n) is 7.80. The highest BCUT2D eigenvalue weighted by Gasteiger charge is 2.39. The lowest BCUT2D eigenvalue weighted by Gasteiger charge is -2.40. The van der Waals surface area contributed by atoms with E-state index in [9.17, 15) is 36.6 Å². The Morgan fingerprint density at radius 1 is 1.22 bits per heavy atom. The normalized spacial score (nSPS) is 20.7. The number of hydrogen-bond donors (Lipinski definition) is 1. The molecule has 0 saturated carbocycles. The van der Waals surface area contributed by atoms with Gasteiger partial charge in [-0.05, 0) is 30.5 Å². The molecule has 2 aromatic rings. The summed E-state index contributed by atoms with van der Waals surface area (Å²) in [5.41, 5.74) is -2.85. The summed E-state index contributed by atoms with van der Waals surface area (Å²) >= 11 is 0. The van der Waals surface area contributed by atoms with Crippen molar-refractivity contribution in [3.8, 4) is 0 Å². The van der Waals surface area contributed by atoms with E-state index in [1.165, 1.54) is 0 Å². The zero-order chi connectivity index (χ0) is 19.9. The van der Waals surface area contributed by atoms with Gasteiger partial charge in [0.15, 0.2) is 0 Å². The van der Waals surface area contributed by atoms with Gasteiger partial charge in [-0.2, -0.15) is 18.3 Å². The number of likely N-dealkylation sites (tertiary alicyclic amines) is 1. The Bertz CT molecular complexity index is 897. The van der Waals surface area contributed by atoms with Crippen LogP contribution in [-0.2, 0) is 6.18 Å². The van der Waals surface area contributed by atoms with Crippen LogP contribution in [0.25, 0.3) is 0 Å². The predicted molar refractivity (Wildman–Crippen MR) is 77.5 cm³/mol. The third-order valence-corrected chi connectivity index (χ3v) is 4.51. The number of amides is 1. The van der Waals surface area contributed by atoms with Crippen LogP contribution in [0.5, 0.6) is 0 Å². The summed E-state index contributed by atoms with van der Waals surface area (Å²) in [6.45, 7) is -0.114. The minimum Gasteiger partial charge on any atom is -0.530 e. The van der Waals surface area contributed by atoms with Gasteiger partial charge in [0.1, 0.15) is 29.1 Å². The van der Waals surface area contributed by atoms with Crippen LogP contribution < -0.4 is 10.7 Å². The summed E-state index contributed by atoms with van der Waals surface area (Å²) in [5, 5.41) is 13.4. The lowest BCUT2D eigenvalue weighted by molar-refractivity contribution is -0.269. The summed E-state index contributed by atoms with van der Waals surface area (Å²) in [6.07, 6.45) is -6.69. The first-order chi connectivity index (χ1) is 12.6. The molecular formula is C16H12F5N2O4-. The highest BCUT2D eigenvalue weighted by molar-refractivity contribution is 5.63. The molecule has 11 heteroatoms. The number of hydrogen-bond acceptors (Lipinski definition) is 4. The van der Waals surface area contributed by atoms with Gasteiger partial charge in [0.25, 0.3) is 5.56 Å². The van der Waals surface area contributed by atoms with E-state index in [1.807, 2.05) is 0 Å². The Morgan fingerprint density at radius 2 is 1.85 bits per heavy atom. The maximum atomic E-state index is 13.9. The van der Waals surface area contributed by atoms with Crippen molar-refractivity contribution in [2.45, 2.75) is 31.0 Å². The van der Waals surface area contributed by atoms with Crippen LogP contribution in [0.2, 0.25) is 0 Å². The number of piperidine rings is 1. The number of carbonyl (C=O) groups excluding carboxylic acids is 1. The van der Waals surface area contributed by atoms with Crippen LogP contribution in [0.15, 0.2) is 27.5 Å². The topological polar surface area (TPSA) is 89.4 Å². The number of nitrogens with zero attached hydrogens (tertiary/aromatic N) is 1. The van der Waals surface area contributed by atoms with Gasteiger partial charge in [0.2, 0.25) is 0 Å². The van der Waals surface area contributed by atoms with Crippen molar-refractivity contribution in [3.63, 3.8) is 0 Å². The molecular weight excluding hydrogens is 379 g/mol. The number of alkyl halides is 3. The fourth-order valence-corrected chi connectivity index (χ4v) is 3.31. The average molecular weight is 391 g/mol. The van der Waals surface area contributed by atoms with Gasteiger partial charge in [-0.3, -0.25) is 4.79 Å². The molecule has 1 saturated heterocycles. The van der Waals surface area contributed by atoms with Gasteiger partial charge in [0.05, 0.1) is 6.04 Å². The molecule has 1 amide bonds. The lowest BCUT2D eigenvalue weighted by Crippen LogP contribution is -2.47. The second-order valence-electron chi connectivity index (χ2n) is 6.17. The van der Waals surface area contributed by atoms with E-state index in [0.717, 1.165) is 11.0 Å². The maximum absolute atomic E-state index is 13.9. The molecule has 6 nitrogen and oxygen atoms in total. The number of carbonyl (C=O) groups is 1. The van der Waals surface area contributed by atoms with E-state index in [2.05, 4.69) is 5.16 Å². The monoisotopic (exact) mass is 391 g/mol. The Labute approximate surface area is 148 Å². The highest BCUT2D eigenvalue weighted by Crippen LogP contribution is 2.41. The van der Waals surface area contributed by atoms with Gasteiger partial charge in [-0.25, -0.2) is 8.78 Å². The zero-order valence-electron chi connectivity index (χ0n) is 13.5. The molecule has 0 spiro atoms. The van der Waals surface area contributed by atoms with E-state index in [4.69, 9.17) is 4.52 Å². The Hall–Kier alpha value is -2.85. The minimum atomic E-state index is -5.23. The smallest absolute Gasteiger partial charge is 0.422 e. The molecule has 1 N–H and O–H groups in total. The second kappa shape index (κ2) is 6.71. The van der Waals surface area contributed by atoms with Crippen molar-refractivity contribution >= 4 is 6.09 Å². The molecule has 1 aliphatic heterocycles. The molecule has 1 fully saturated rings. The first kappa shape index (κ1) is 18.9. The molecule has 0 radical (unpaired) electrons. The Morgan fingerprint density at radius 3 is 2.33 bits per heavy atom. The zero-order valence-corrected chi connectivity index (χ0v) is 13.5. The molecule has 2 atom stereocenters. The SMILES string of the molecule is O=C([O-])N1CCC(c2cc(=O)[nH]o2)CC1c1cc(F)c(C(F)(F)F)c(F)c1. The lowest BCUT2D eigenvalue weighted by atomic mass is 9.85. The molecule has 1 aromatic carbocycles. The number of halogens is 5. The van der Waals surface area contributed by atoms with Crippen molar-refractivity contribution in [2.24, 2.45) is 0 Å². The molecule has 0 aliphatic carbocycles. The quantitative estimate of drug-likeness (QED) is 0.797. The standard InChI is InChI=1S/C16H13F5N2O4/c17-9-3-8(4-10(18)14(9)16(19,20)21)11-5-7(1-2-23(11)15(25)26)12-6-13(24)22-27-12/h3-4,6-7,11H,1-2,5H2,(H,22,24)(H,25,26)/p-1. The summed E-state index contributed by atoms with van der Waals surface area (Å²) < 4.78 is 71.0. The van der Waals surface area contributed by atoms with Crippen LogP contribution in [0.4, 0.5) is 26.7 Å². The van der Waals surface area contributed by atoms with E-state index >= 15 is 0 Å². The molecule has 2 unspecified atom stereocenters. The third-order valence-electron chi connectivity index (χ3n) is 4.51. The molecule has 27 heavy (non-hydrogen) atoms. The van der Waals surface area contributed by atoms with Crippen LogP contribution in [0, 0.1) is 11.6 Å². The van der Waals surface area contributed by atoms with E-state index < -0.39 is 47.0 Å². The third kappa shape index (κ3) is 3.67. The van der Waals surface area contributed by atoms with Crippen molar-refractivity contribution < 1.29 is 36.4 Å². The Kier molecular flexibility index (Phi) is 4.70. The highest BCUT2D eigenvalue weighted by atomic mass is 19.4. The summed E-state index contributed by atoms with van der Waals surface area (Å²) in [5.74, 6) is -3.94. The van der Waals surface area contributed by atoms with Gasteiger partial charge in [-0.1, -0.05) is 0 Å². The number of carboxylic acid groups (broad SMARTS) is 1. The largest absolute Gasteiger partial charge is 0.530 e. The summed E-state index contributed by atoms with van der Waals surface area (Å²) in [7, 11) is 0. The number of nitrogens with one attached hydrogen (secondary N) is 1. The number of rotatable bonds is 2. The van der Waals surface area contributed by atoms with Crippen LogP contribution >= 0.6 is 0 Å². The van der Waals surface area contributed by atoms with E-state index in [0.29, 0.717) is 12.1 Å². The number of H-pyrrole nitrogens is 1.